The lowest BCUT2D eigenvalue weighted by Crippen LogP contribution is -2.39. The van der Waals surface area contributed by atoms with Gasteiger partial charge in [0.2, 0.25) is 0 Å². The second-order valence-corrected chi connectivity index (χ2v) is 9.98. The summed E-state index contributed by atoms with van der Waals surface area (Å²) in [7, 11) is 0. The van der Waals surface area contributed by atoms with Gasteiger partial charge in [0, 0.05) is 30.7 Å². The van der Waals surface area contributed by atoms with Crippen molar-refractivity contribution in [3.8, 4) is 17.1 Å². The smallest absolute Gasteiger partial charge is 0.338 e. The summed E-state index contributed by atoms with van der Waals surface area (Å²) in [5.41, 5.74) is 1.28. The van der Waals surface area contributed by atoms with Crippen LogP contribution in [0, 0.1) is 10.1 Å². The van der Waals surface area contributed by atoms with Crippen LogP contribution in [0.1, 0.15) is 38.1 Å². The number of non-ortho nitro benzene ring substituents is 1. The molecule has 1 aliphatic heterocycles. The summed E-state index contributed by atoms with van der Waals surface area (Å²) < 4.78 is 18.1. The van der Waals surface area contributed by atoms with Crippen molar-refractivity contribution in [3.63, 3.8) is 0 Å². The third kappa shape index (κ3) is 5.50. The first-order chi connectivity index (χ1) is 19.7. The van der Waals surface area contributed by atoms with E-state index in [0.717, 1.165) is 11.3 Å². The van der Waals surface area contributed by atoms with E-state index in [4.69, 9.17) is 13.9 Å². The predicted octanol–water partition coefficient (Wildman–Crippen LogP) is 3.89. The first kappa shape index (κ1) is 27.5. The number of ether oxygens (including phenoxy) is 2. The van der Waals surface area contributed by atoms with Crippen LogP contribution in [-0.4, -0.2) is 28.0 Å². The summed E-state index contributed by atoms with van der Waals surface area (Å²) in [6.45, 7) is 4.81. The minimum absolute atomic E-state index is 0.0672. The standard InChI is InChI=1S/C29H23N3O8S/c1-4-38-28(35)25-16(2)30-29-31(26(25)18-8-10-21(11-9-18)39-17(3)33)27(34)24(41-29)15-22-12-13-23(40-22)19-6-5-7-20(14-19)32(36)37/h5-15,26H,4H2,1-3H3. The number of rotatable bonds is 7. The Hall–Kier alpha value is -5.10. The normalized spacial score (nSPS) is 14.8. The molecule has 0 N–H and O–H groups in total. The van der Waals surface area contributed by atoms with Crippen molar-refractivity contribution in [3.05, 3.63) is 113 Å². The van der Waals surface area contributed by atoms with Gasteiger partial charge in [-0.2, -0.15) is 0 Å². The van der Waals surface area contributed by atoms with Crippen molar-refractivity contribution < 1.29 is 28.4 Å². The Labute approximate surface area is 236 Å². The number of aromatic nitrogens is 1. The minimum Gasteiger partial charge on any atom is -0.463 e. The molecule has 0 radical (unpaired) electrons. The van der Waals surface area contributed by atoms with Crippen molar-refractivity contribution in [2.45, 2.75) is 26.8 Å². The molecular weight excluding hydrogens is 550 g/mol. The van der Waals surface area contributed by atoms with Crippen molar-refractivity contribution >= 4 is 35.0 Å². The molecule has 12 heteroatoms. The molecule has 11 nitrogen and oxygen atoms in total. The van der Waals surface area contributed by atoms with Gasteiger partial charge in [0.1, 0.15) is 17.3 Å². The highest BCUT2D eigenvalue weighted by Crippen LogP contribution is 2.32. The highest BCUT2D eigenvalue weighted by molar-refractivity contribution is 7.07. The second kappa shape index (κ2) is 11.2. The molecule has 4 aromatic rings. The van der Waals surface area contributed by atoms with Crippen LogP contribution in [-0.2, 0) is 14.3 Å². The summed E-state index contributed by atoms with van der Waals surface area (Å²) >= 11 is 1.13. The number of carbonyl (C=O) groups is 2. The molecule has 1 aliphatic rings. The lowest BCUT2D eigenvalue weighted by Gasteiger charge is -2.24. The molecule has 5 rings (SSSR count). The highest BCUT2D eigenvalue weighted by atomic mass is 32.1. The third-order valence-electron chi connectivity index (χ3n) is 6.22. The Bertz CT molecular complexity index is 1900. The van der Waals surface area contributed by atoms with Crippen molar-refractivity contribution in [2.75, 3.05) is 6.61 Å². The number of carbonyl (C=O) groups excluding carboxylic acids is 2. The van der Waals surface area contributed by atoms with Crippen LogP contribution >= 0.6 is 11.3 Å². The maximum absolute atomic E-state index is 13.8. The molecule has 0 bridgehead atoms. The van der Waals surface area contributed by atoms with E-state index in [1.165, 1.54) is 23.6 Å². The molecule has 0 aliphatic carbocycles. The molecule has 0 saturated heterocycles. The second-order valence-electron chi connectivity index (χ2n) is 8.97. The van der Waals surface area contributed by atoms with Gasteiger partial charge in [-0.05, 0) is 43.7 Å². The van der Waals surface area contributed by atoms with Gasteiger partial charge in [-0.1, -0.05) is 35.6 Å². The summed E-state index contributed by atoms with van der Waals surface area (Å²) in [6, 6.07) is 15.1. The van der Waals surface area contributed by atoms with Crippen LogP contribution < -0.4 is 19.6 Å². The van der Waals surface area contributed by atoms with Crippen LogP contribution in [0.5, 0.6) is 5.75 Å². The zero-order valence-corrected chi connectivity index (χ0v) is 23.0. The van der Waals surface area contributed by atoms with Gasteiger partial charge in [0.05, 0.1) is 33.4 Å². The Morgan fingerprint density at radius 3 is 2.61 bits per heavy atom. The number of benzene rings is 2. The van der Waals surface area contributed by atoms with Gasteiger partial charge >= 0.3 is 11.9 Å². The Morgan fingerprint density at radius 2 is 1.93 bits per heavy atom. The van der Waals surface area contributed by atoms with E-state index in [9.17, 15) is 24.5 Å². The Balaban J connectivity index is 1.60. The number of esters is 2. The first-order valence-corrected chi connectivity index (χ1v) is 13.3. The zero-order valence-electron chi connectivity index (χ0n) is 22.2. The van der Waals surface area contributed by atoms with E-state index < -0.39 is 28.5 Å². The van der Waals surface area contributed by atoms with E-state index in [0.29, 0.717) is 43.4 Å². The summed E-state index contributed by atoms with van der Waals surface area (Å²) in [5, 5.41) is 11.1. The molecule has 0 fully saturated rings. The van der Waals surface area contributed by atoms with Crippen LogP contribution in [0.4, 0.5) is 5.69 Å². The number of fused-ring (bicyclic) bond motifs is 1. The fourth-order valence-corrected chi connectivity index (χ4v) is 5.51. The number of hydrogen-bond acceptors (Lipinski definition) is 10. The Kier molecular flexibility index (Phi) is 7.49. The molecule has 1 unspecified atom stereocenters. The molecule has 0 spiro atoms. The van der Waals surface area contributed by atoms with Crippen LogP contribution in [0.2, 0.25) is 0 Å². The van der Waals surface area contributed by atoms with Gasteiger partial charge in [0.25, 0.3) is 11.2 Å². The molecule has 3 heterocycles. The van der Waals surface area contributed by atoms with Crippen molar-refractivity contribution in [1.82, 2.24) is 4.57 Å². The van der Waals surface area contributed by atoms with E-state index in [-0.39, 0.29) is 17.9 Å². The maximum atomic E-state index is 13.8. The molecule has 1 atom stereocenters. The minimum atomic E-state index is -0.837. The average molecular weight is 574 g/mol. The summed E-state index contributed by atoms with van der Waals surface area (Å²) in [6.07, 6.45) is 1.56. The largest absolute Gasteiger partial charge is 0.463 e. The third-order valence-corrected chi connectivity index (χ3v) is 7.20. The molecule has 208 valence electrons. The molecule has 2 aromatic heterocycles. The number of furan rings is 1. The van der Waals surface area contributed by atoms with Gasteiger partial charge < -0.3 is 13.9 Å². The van der Waals surface area contributed by atoms with E-state index in [2.05, 4.69) is 4.99 Å². The number of thiazole rings is 1. The molecule has 0 amide bonds. The predicted molar refractivity (Wildman–Crippen MR) is 149 cm³/mol. The quantitative estimate of drug-likeness (QED) is 0.140. The van der Waals surface area contributed by atoms with Gasteiger partial charge in [-0.3, -0.25) is 24.3 Å². The SMILES string of the molecule is CCOC(=O)C1=C(C)N=c2sc(=Cc3ccc(-c4cccc([N+](=O)[O-])c4)o3)c(=O)n2C1c1ccc(OC(C)=O)cc1. The molecule has 41 heavy (non-hydrogen) atoms. The highest BCUT2D eigenvalue weighted by Gasteiger charge is 2.33. The topological polar surface area (TPSA) is 143 Å². The lowest BCUT2D eigenvalue weighted by molar-refractivity contribution is -0.384. The van der Waals surface area contributed by atoms with Gasteiger partial charge in [0.15, 0.2) is 4.80 Å². The van der Waals surface area contributed by atoms with Crippen molar-refractivity contribution in [1.29, 1.82) is 0 Å². The first-order valence-electron chi connectivity index (χ1n) is 12.5. The average Bonchev–Trinajstić information content (AvgIpc) is 3.52. The molecule has 2 aromatic carbocycles. The van der Waals surface area contributed by atoms with Crippen molar-refractivity contribution in [2.24, 2.45) is 4.99 Å². The number of hydrogen-bond donors (Lipinski definition) is 0. The fourth-order valence-electron chi connectivity index (χ4n) is 4.48. The van der Waals surface area contributed by atoms with Gasteiger partial charge in [-0.15, -0.1) is 0 Å². The van der Waals surface area contributed by atoms with E-state index >= 15 is 0 Å². The van der Waals surface area contributed by atoms with E-state index in [1.54, 1.807) is 68.5 Å². The summed E-state index contributed by atoms with van der Waals surface area (Å²) in [5.74, 6) is 0.0219. The fraction of sp³-hybridized carbons (Fsp3) is 0.172. The van der Waals surface area contributed by atoms with Crippen LogP contribution in [0.3, 0.4) is 0 Å². The zero-order chi connectivity index (χ0) is 29.3. The number of nitro benzene ring substituents is 1. The molecule has 0 saturated carbocycles. The number of nitrogens with zero attached hydrogens (tertiary/aromatic N) is 3. The van der Waals surface area contributed by atoms with Gasteiger partial charge in [-0.25, -0.2) is 9.79 Å². The van der Waals surface area contributed by atoms with Crippen LogP contribution in [0.15, 0.2) is 86.1 Å². The number of nitro groups is 1. The maximum Gasteiger partial charge on any atom is 0.338 e. The lowest BCUT2D eigenvalue weighted by atomic mass is 9.96. The monoisotopic (exact) mass is 573 g/mol. The van der Waals surface area contributed by atoms with Crippen LogP contribution in [0.25, 0.3) is 17.4 Å². The molecular formula is C29H23N3O8S. The van der Waals surface area contributed by atoms with E-state index in [1.807, 2.05) is 0 Å². The summed E-state index contributed by atoms with van der Waals surface area (Å²) in [4.78, 5) is 53.7. The Morgan fingerprint density at radius 1 is 1.17 bits per heavy atom. The number of allylic oxidation sites excluding steroid dienone is 1.